The molecule has 0 radical (unpaired) electrons. The van der Waals surface area contributed by atoms with Crippen molar-refractivity contribution in [3.8, 4) is 0 Å². The summed E-state index contributed by atoms with van der Waals surface area (Å²) in [5, 5.41) is 43.8. The van der Waals surface area contributed by atoms with Gasteiger partial charge in [0.1, 0.15) is 37.1 Å². The third-order valence-electron chi connectivity index (χ3n) is 7.23. The van der Waals surface area contributed by atoms with E-state index in [1.54, 1.807) is 36.4 Å². The minimum absolute atomic E-state index is 0.0406. The van der Waals surface area contributed by atoms with E-state index in [4.69, 9.17) is 28.4 Å². The van der Waals surface area contributed by atoms with Gasteiger partial charge in [-0.15, -0.1) is 0 Å². The fraction of sp³-hybridized carbons (Fsp3) is 0.467. The third-order valence-corrected chi connectivity index (χ3v) is 7.23. The highest BCUT2D eigenvalue weighted by Crippen LogP contribution is 2.41. The molecule has 44 heavy (non-hydrogen) atoms. The number of esters is 4. The van der Waals surface area contributed by atoms with Crippen molar-refractivity contribution in [3.63, 3.8) is 0 Å². The zero-order valence-corrected chi connectivity index (χ0v) is 24.0. The van der Waals surface area contributed by atoms with Crippen LogP contribution in [0.2, 0.25) is 0 Å². The number of hydrogen-bond donors (Lipinski definition) is 4. The number of carbonyl (C=O) groups is 4. The average Bonchev–Trinajstić information content (AvgIpc) is 3.00. The predicted octanol–water partition coefficient (Wildman–Crippen LogP) is -0.110. The summed E-state index contributed by atoms with van der Waals surface area (Å²) < 4.78 is 33.5. The maximum absolute atomic E-state index is 13.3. The first-order chi connectivity index (χ1) is 20.8. The monoisotopic (exact) mass is 618 g/mol. The van der Waals surface area contributed by atoms with Crippen LogP contribution in [-0.2, 0) is 38.0 Å². The van der Waals surface area contributed by atoms with Gasteiger partial charge in [0.05, 0.1) is 17.2 Å². The van der Waals surface area contributed by atoms with Crippen molar-refractivity contribution in [3.05, 3.63) is 71.8 Å². The minimum Gasteiger partial charge on any atom is -0.459 e. The lowest BCUT2D eigenvalue weighted by atomic mass is 9.83. The van der Waals surface area contributed by atoms with Crippen molar-refractivity contribution in [1.29, 1.82) is 0 Å². The van der Waals surface area contributed by atoms with Crippen LogP contribution in [0.5, 0.6) is 0 Å². The molecule has 2 aliphatic rings. The van der Waals surface area contributed by atoms with Crippen LogP contribution in [0.25, 0.3) is 0 Å². The van der Waals surface area contributed by atoms with Gasteiger partial charge in [-0.05, 0) is 31.2 Å². The molecule has 14 heteroatoms. The quantitative estimate of drug-likeness (QED) is 0.225. The first kappa shape index (κ1) is 33.0. The Kier molecular flexibility index (Phi) is 10.3. The van der Waals surface area contributed by atoms with E-state index in [0.717, 1.165) is 13.8 Å². The van der Waals surface area contributed by atoms with E-state index in [2.05, 4.69) is 0 Å². The standard InChI is InChI=1S/C30H34O14/c1-15-21(33)22(34)23(35)26(40-15)30(38)27(42-17(3)32)25(43-29(37)19-12-8-5-9-13-19)24(41-16(2)31)20(44-30)14-39-28(36)18-10-6-4-7-11-18/h4-13,15,20-27,33-35,38H,14H2,1-3H3/t15-,20+,21-,22+,23+,24+,25-,26+,27+,30+/m0/s1. The first-order valence-corrected chi connectivity index (χ1v) is 13.8. The molecule has 2 fully saturated rings. The summed E-state index contributed by atoms with van der Waals surface area (Å²) in [4.78, 5) is 50.6. The van der Waals surface area contributed by atoms with Gasteiger partial charge in [-0.25, -0.2) is 9.59 Å². The van der Waals surface area contributed by atoms with Crippen molar-refractivity contribution >= 4 is 23.9 Å². The summed E-state index contributed by atoms with van der Waals surface area (Å²) in [6.07, 6.45) is -15.8. The first-order valence-electron chi connectivity index (χ1n) is 13.8. The molecular formula is C30H34O14. The van der Waals surface area contributed by atoms with Crippen molar-refractivity contribution in [1.82, 2.24) is 0 Å². The Hall–Kier alpha value is -3.92. The average molecular weight is 619 g/mol. The van der Waals surface area contributed by atoms with Crippen LogP contribution < -0.4 is 0 Å². The number of aliphatic hydroxyl groups excluding tert-OH is 3. The van der Waals surface area contributed by atoms with E-state index < -0.39 is 91.2 Å². The van der Waals surface area contributed by atoms with E-state index in [-0.39, 0.29) is 11.1 Å². The van der Waals surface area contributed by atoms with Gasteiger partial charge in [0.25, 0.3) is 0 Å². The van der Waals surface area contributed by atoms with Crippen LogP contribution in [0.15, 0.2) is 60.7 Å². The number of ether oxygens (including phenoxy) is 6. The van der Waals surface area contributed by atoms with E-state index in [0.29, 0.717) is 0 Å². The molecule has 14 nitrogen and oxygen atoms in total. The zero-order chi connectivity index (χ0) is 32.2. The Morgan fingerprint density at radius 3 is 1.84 bits per heavy atom. The number of carbonyl (C=O) groups excluding carboxylic acids is 4. The van der Waals surface area contributed by atoms with Gasteiger partial charge in [0.15, 0.2) is 18.3 Å². The number of aliphatic hydroxyl groups is 4. The van der Waals surface area contributed by atoms with Gasteiger partial charge in [-0.3, -0.25) is 9.59 Å². The lowest BCUT2D eigenvalue weighted by molar-refractivity contribution is -0.403. The molecule has 238 valence electrons. The van der Waals surface area contributed by atoms with E-state index in [9.17, 15) is 39.6 Å². The Morgan fingerprint density at radius 1 is 0.750 bits per heavy atom. The van der Waals surface area contributed by atoms with E-state index in [1.165, 1.54) is 31.2 Å². The van der Waals surface area contributed by atoms with Gasteiger partial charge in [-0.2, -0.15) is 0 Å². The highest BCUT2D eigenvalue weighted by atomic mass is 16.7. The topological polar surface area (TPSA) is 205 Å². The molecule has 10 atom stereocenters. The Bertz CT molecular complexity index is 1320. The molecule has 2 aliphatic heterocycles. The molecule has 4 rings (SSSR count). The van der Waals surface area contributed by atoms with Gasteiger partial charge in [-0.1, -0.05) is 36.4 Å². The van der Waals surface area contributed by atoms with Crippen LogP contribution in [0.4, 0.5) is 0 Å². The second-order valence-corrected chi connectivity index (χ2v) is 10.4. The highest BCUT2D eigenvalue weighted by Gasteiger charge is 2.66. The van der Waals surface area contributed by atoms with Gasteiger partial charge in [0.2, 0.25) is 5.79 Å². The highest BCUT2D eigenvalue weighted by molar-refractivity contribution is 5.90. The van der Waals surface area contributed by atoms with Crippen molar-refractivity contribution in [2.45, 2.75) is 81.5 Å². The fourth-order valence-corrected chi connectivity index (χ4v) is 5.12. The lowest BCUT2D eigenvalue weighted by Crippen LogP contribution is -2.76. The molecule has 0 spiro atoms. The predicted molar refractivity (Wildman–Crippen MR) is 146 cm³/mol. The van der Waals surface area contributed by atoms with Crippen LogP contribution in [-0.4, -0.2) is 112 Å². The number of rotatable bonds is 8. The Labute approximate surface area is 252 Å². The lowest BCUT2D eigenvalue weighted by Gasteiger charge is -2.53. The maximum Gasteiger partial charge on any atom is 0.338 e. The smallest absolute Gasteiger partial charge is 0.338 e. The largest absolute Gasteiger partial charge is 0.459 e. The van der Waals surface area contributed by atoms with E-state index in [1.807, 2.05) is 0 Å². The SMILES string of the molecule is CC(=O)O[C@H]1[C@H](OC(=O)c2ccccc2)[C@@H](OC(C)=O)[C@@](O)([C@@H]2O[C@@H](C)[C@H](O)[C@@H](O)[C@H]2O)O[C@@H]1COC(=O)c1ccccc1. The summed E-state index contributed by atoms with van der Waals surface area (Å²) in [7, 11) is 0. The molecule has 0 bridgehead atoms. The molecule has 4 N–H and O–H groups in total. The summed E-state index contributed by atoms with van der Waals surface area (Å²) >= 11 is 0. The molecule has 2 aromatic carbocycles. The summed E-state index contributed by atoms with van der Waals surface area (Å²) in [6, 6.07) is 15.4. The van der Waals surface area contributed by atoms with Crippen molar-refractivity contribution in [2.24, 2.45) is 0 Å². The van der Waals surface area contributed by atoms with Gasteiger partial charge < -0.3 is 48.8 Å². The van der Waals surface area contributed by atoms with Gasteiger partial charge in [0, 0.05) is 13.8 Å². The Morgan fingerprint density at radius 2 is 1.30 bits per heavy atom. The molecule has 2 heterocycles. The molecular weight excluding hydrogens is 584 g/mol. The molecule has 2 aromatic rings. The van der Waals surface area contributed by atoms with Crippen LogP contribution in [0, 0.1) is 0 Å². The molecule has 0 aliphatic carbocycles. The number of hydrogen-bond acceptors (Lipinski definition) is 14. The normalized spacial score (nSPS) is 33.5. The second kappa shape index (κ2) is 13.8. The number of benzene rings is 2. The Balaban J connectivity index is 1.79. The van der Waals surface area contributed by atoms with Crippen LogP contribution in [0.1, 0.15) is 41.5 Å². The minimum atomic E-state index is -2.94. The molecule has 0 aromatic heterocycles. The summed E-state index contributed by atoms with van der Waals surface area (Å²) in [5.74, 6) is -6.65. The molecule has 0 amide bonds. The van der Waals surface area contributed by atoms with Crippen LogP contribution in [0.3, 0.4) is 0 Å². The summed E-state index contributed by atoms with van der Waals surface area (Å²) in [5.41, 5.74) is 0.197. The van der Waals surface area contributed by atoms with Crippen molar-refractivity contribution < 1.29 is 68.0 Å². The van der Waals surface area contributed by atoms with E-state index >= 15 is 0 Å². The second-order valence-electron chi connectivity index (χ2n) is 10.4. The third kappa shape index (κ3) is 7.07. The maximum atomic E-state index is 13.3. The summed E-state index contributed by atoms with van der Waals surface area (Å²) in [6.45, 7) is 2.65. The molecule has 0 unspecified atom stereocenters. The van der Waals surface area contributed by atoms with Crippen LogP contribution >= 0.6 is 0 Å². The van der Waals surface area contributed by atoms with Gasteiger partial charge >= 0.3 is 23.9 Å². The zero-order valence-electron chi connectivity index (χ0n) is 24.0. The fourth-order valence-electron chi connectivity index (χ4n) is 5.12. The molecule has 2 saturated heterocycles. The molecule has 0 saturated carbocycles. The van der Waals surface area contributed by atoms with Crippen molar-refractivity contribution in [2.75, 3.05) is 6.61 Å².